The van der Waals surface area contributed by atoms with Gasteiger partial charge in [-0.05, 0) is 37.4 Å². The van der Waals surface area contributed by atoms with Crippen molar-refractivity contribution in [3.8, 4) is 0 Å². The Bertz CT molecular complexity index is 582. The van der Waals surface area contributed by atoms with Crippen LogP contribution in [-0.4, -0.2) is 30.6 Å². The summed E-state index contributed by atoms with van der Waals surface area (Å²) in [5.41, 5.74) is 1.12. The molecule has 0 aliphatic heterocycles. The molecule has 0 spiro atoms. The summed E-state index contributed by atoms with van der Waals surface area (Å²) in [6.07, 6.45) is 0.588. The Kier molecular flexibility index (Phi) is 5.63. The Labute approximate surface area is 138 Å². The Morgan fingerprint density at radius 3 is 2.18 bits per heavy atom. The molecule has 2 aromatic carbocycles. The molecule has 0 fully saturated rings. The molecule has 2 nitrogen and oxygen atoms in total. The standard InChI is InChI=1S/C19H24ClNO/c1-15(14-21(2)3)19(22,13-16-7-5-4-6-8-16)17-9-11-18(20)12-10-17/h4-12,15,22H,13-14H2,1-3H3/t15-,19-/m1/s1. The van der Waals surface area contributed by atoms with Crippen molar-refractivity contribution < 1.29 is 5.11 Å². The maximum atomic E-state index is 11.5. The van der Waals surface area contributed by atoms with E-state index in [0.717, 1.165) is 17.7 Å². The summed E-state index contributed by atoms with van der Waals surface area (Å²) in [7, 11) is 4.06. The van der Waals surface area contributed by atoms with Crippen molar-refractivity contribution in [3.05, 3.63) is 70.7 Å². The van der Waals surface area contributed by atoms with Gasteiger partial charge in [0.05, 0.1) is 5.60 Å². The molecule has 2 rings (SSSR count). The number of aliphatic hydroxyl groups is 1. The highest BCUT2D eigenvalue weighted by Crippen LogP contribution is 2.34. The number of halogens is 1. The third kappa shape index (κ3) is 4.10. The maximum Gasteiger partial charge on any atom is 0.0974 e. The molecule has 0 saturated carbocycles. The van der Waals surface area contributed by atoms with Crippen molar-refractivity contribution in [2.45, 2.75) is 18.9 Å². The summed E-state index contributed by atoms with van der Waals surface area (Å²) in [4.78, 5) is 2.11. The zero-order valence-electron chi connectivity index (χ0n) is 13.5. The zero-order valence-corrected chi connectivity index (χ0v) is 14.2. The third-order valence-corrected chi connectivity index (χ3v) is 4.37. The van der Waals surface area contributed by atoms with Crippen molar-refractivity contribution in [3.63, 3.8) is 0 Å². The highest BCUT2D eigenvalue weighted by molar-refractivity contribution is 6.30. The first kappa shape index (κ1) is 17.0. The topological polar surface area (TPSA) is 23.5 Å². The first-order chi connectivity index (χ1) is 10.4. The van der Waals surface area contributed by atoms with E-state index in [0.29, 0.717) is 11.4 Å². The van der Waals surface area contributed by atoms with Crippen LogP contribution in [0.25, 0.3) is 0 Å². The first-order valence-electron chi connectivity index (χ1n) is 7.59. The summed E-state index contributed by atoms with van der Waals surface area (Å²) >= 11 is 6.00. The lowest BCUT2D eigenvalue weighted by atomic mass is 9.77. The lowest BCUT2D eigenvalue weighted by Gasteiger charge is -2.36. The monoisotopic (exact) mass is 317 g/mol. The van der Waals surface area contributed by atoms with E-state index in [4.69, 9.17) is 11.6 Å². The van der Waals surface area contributed by atoms with Gasteiger partial charge in [-0.15, -0.1) is 0 Å². The minimum atomic E-state index is -0.920. The second-order valence-electron chi connectivity index (χ2n) is 6.26. The van der Waals surface area contributed by atoms with Gasteiger partial charge in [0.25, 0.3) is 0 Å². The van der Waals surface area contributed by atoms with Crippen LogP contribution in [0, 0.1) is 5.92 Å². The van der Waals surface area contributed by atoms with Crippen LogP contribution in [0.2, 0.25) is 5.02 Å². The van der Waals surface area contributed by atoms with Crippen molar-refractivity contribution in [1.82, 2.24) is 4.90 Å². The second kappa shape index (κ2) is 7.28. The van der Waals surface area contributed by atoms with E-state index in [1.54, 1.807) is 0 Å². The third-order valence-electron chi connectivity index (χ3n) is 4.11. The molecule has 0 amide bonds. The summed E-state index contributed by atoms with van der Waals surface area (Å²) in [5, 5.41) is 12.2. The quantitative estimate of drug-likeness (QED) is 0.871. The normalized spacial score (nSPS) is 15.5. The molecule has 2 atom stereocenters. The fourth-order valence-electron chi connectivity index (χ4n) is 2.91. The number of rotatable bonds is 6. The highest BCUT2D eigenvalue weighted by atomic mass is 35.5. The van der Waals surface area contributed by atoms with Gasteiger partial charge in [0.15, 0.2) is 0 Å². The Balaban J connectivity index is 2.36. The lowest BCUT2D eigenvalue weighted by molar-refractivity contribution is -0.0254. The maximum absolute atomic E-state index is 11.5. The van der Waals surface area contributed by atoms with E-state index in [1.165, 1.54) is 0 Å². The molecule has 118 valence electrons. The molecule has 0 unspecified atom stereocenters. The van der Waals surface area contributed by atoms with Crippen LogP contribution >= 0.6 is 11.6 Å². The SMILES string of the molecule is C[C@H](CN(C)C)[C@](O)(Cc1ccccc1)c1ccc(Cl)cc1. The molecule has 1 N–H and O–H groups in total. The minimum Gasteiger partial charge on any atom is -0.384 e. The smallest absolute Gasteiger partial charge is 0.0974 e. The molecule has 0 aromatic heterocycles. The van der Waals surface area contributed by atoms with E-state index in [2.05, 4.69) is 24.0 Å². The predicted octanol–water partition coefficient (Wildman–Crippen LogP) is 3.97. The fraction of sp³-hybridized carbons (Fsp3) is 0.368. The number of benzene rings is 2. The molecule has 0 heterocycles. The molecule has 0 radical (unpaired) electrons. The largest absolute Gasteiger partial charge is 0.384 e. The van der Waals surface area contributed by atoms with Crippen LogP contribution in [0.3, 0.4) is 0 Å². The van der Waals surface area contributed by atoms with Crippen LogP contribution in [0.4, 0.5) is 0 Å². The average molecular weight is 318 g/mol. The van der Waals surface area contributed by atoms with Gasteiger partial charge in [0.2, 0.25) is 0 Å². The summed E-state index contributed by atoms with van der Waals surface area (Å²) in [5.74, 6) is 0.0869. The number of nitrogens with zero attached hydrogens (tertiary/aromatic N) is 1. The summed E-state index contributed by atoms with van der Waals surface area (Å²) in [6.45, 7) is 2.91. The number of hydrogen-bond donors (Lipinski definition) is 1. The predicted molar refractivity (Wildman–Crippen MR) is 93.2 cm³/mol. The van der Waals surface area contributed by atoms with Gasteiger partial charge < -0.3 is 10.0 Å². The molecular formula is C19H24ClNO. The van der Waals surface area contributed by atoms with Gasteiger partial charge in [-0.25, -0.2) is 0 Å². The zero-order chi connectivity index (χ0) is 16.2. The van der Waals surface area contributed by atoms with Gasteiger partial charge >= 0.3 is 0 Å². The fourth-order valence-corrected chi connectivity index (χ4v) is 3.03. The average Bonchev–Trinajstić information content (AvgIpc) is 2.48. The van der Waals surface area contributed by atoms with E-state index in [-0.39, 0.29) is 5.92 Å². The van der Waals surface area contributed by atoms with Crippen molar-refractivity contribution in [1.29, 1.82) is 0 Å². The first-order valence-corrected chi connectivity index (χ1v) is 7.96. The minimum absolute atomic E-state index is 0.0869. The van der Waals surface area contributed by atoms with Gasteiger partial charge in [0.1, 0.15) is 0 Å². The van der Waals surface area contributed by atoms with Crippen LogP contribution < -0.4 is 0 Å². The van der Waals surface area contributed by atoms with E-state index < -0.39 is 5.60 Å². The molecular weight excluding hydrogens is 294 g/mol. The van der Waals surface area contributed by atoms with Gasteiger partial charge in [0, 0.05) is 23.9 Å². The van der Waals surface area contributed by atoms with Gasteiger partial charge in [-0.2, -0.15) is 0 Å². The van der Waals surface area contributed by atoms with Crippen LogP contribution in [0.5, 0.6) is 0 Å². The van der Waals surface area contributed by atoms with E-state index in [9.17, 15) is 5.11 Å². The van der Waals surface area contributed by atoms with Crippen molar-refractivity contribution >= 4 is 11.6 Å². The molecule has 0 aliphatic rings. The van der Waals surface area contributed by atoms with E-state index >= 15 is 0 Å². The van der Waals surface area contributed by atoms with Crippen LogP contribution in [0.15, 0.2) is 54.6 Å². The molecule has 22 heavy (non-hydrogen) atoms. The second-order valence-corrected chi connectivity index (χ2v) is 6.69. The van der Waals surface area contributed by atoms with Gasteiger partial charge in [-0.3, -0.25) is 0 Å². The highest BCUT2D eigenvalue weighted by Gasteiger charge is 2.36. The Morgan fingerprint density at radius 2 is 1.64 bits per heavy atom. The van der Waals surface area contributed by atoms with Gasteiger partial charge in [-0.1, -0.05) is 61.0 Å². The molecule has 3 heteroatoms. The molecule has 0 saturated heterocycles. The summed E-state index contributed by atoms with van der Waals surface area (Å²) in [6, 6.07) is 17.7. The molecule has 0 bridgehead atoms. The Hall–Kier alpha value is -1.35. The lowest BCUT2D eigenvalue weighted by Crippen LogP contribution is -2.41. The Morgan fingerprint density at radius 1 is 1.05 bits per heavy atom. The molecule has 2 aromatic rings. The van der Waals surface area contributed by atoms with Crippen molar-refractivity contribution in [2.24, 2.45) is 5.92 Å². The number of hydrogen-bond acceptors (Lipinski definition) is 2. The van der Waals surface area contributed by atoms with E-state index in [1.807, 2.05) is 56.6 Å². The molecule has 0 aliphatic carbocycles. The summed E-state index contributed by atoms with van der Waals surface area (Å²) < 4.78 is 0. The van der Waals surface area contributed by atoms with Crippen LogP contribution in [-0.2, 0) is 12.0 Å². The van der Waals surface area contributed by atoms with Crippen LogP contribution in [0.1, 0.15) is 18.1 Å². The van der Waals surface area contributed by atoms with Crippen molar-refractivity contribution in [2.75, 3.05) is 20.6 Å².